The fourth-order valence-electron chi connectivity index (χ4n) is 2.98. The molecule has 0 radical (unpaired) electrons. The van der Waals surface area contributed by atoms with Crippen LogP contribution in [-0.2, 0) is 11.2 Å². The number of thiophene rings is 1. The average molecular weight is 363 g/mol. The quantitative estimate of drug-likeness (QED) is 0.902. The van der Waals surface area contributed by atoms with Gasteiger partial charge >= 0.3 is 0 Å². The zero-order chi connectivity index (χ0) is 17.1. The van der Waals surface area contributed by atoms with Crippen molar-refractivity contribution in [3.8, 4) is 0 Å². The van der Waals surface area contributed by atoms with Crippen LogP contribution in [0, 0.1) is 0 Å². The van der Waals surface area contributed by atoms with Gasteiger partial charge in [-0.2, -0.15) is 0 Å². The number of hydrogen-bond acceptors (Lipinski definition) is 3. The van der Waals surface area contributed by atoms with Gasteiger partial charge in [0, 0.05) is 35.0 Å². The van der Waals surface area contributed by atoms with Gasteiger partial charge in [-0.1, -0.05) is 11.6 Å². The molecule has 2 heterocycles. The van der Waals surface area contributed by atoms with E-state index >= 15 is 0 Å². The van der Waals surface area contributed by atoms with Gasteiger partial charge in [-0.3, -0.25) is 9.59 Å². The second kappa shape index (κ2) is 7.36. The highest BCUT2D eigenvalue weighted by Gasteiger charge is 2.27. The number of halogens is 1. The number of amides is 2. The molecule has 0 bridgehead atoms. The van der Waals surface area contributed by atoms with Crippen molar-refractivity contribution in [2.75, 3.05) is 13.1 Å². The van der Waals surface area contributed by atoms with E-state index < -0.39 is 0 Å². The molecular formula is C18H19ClN2O2S. The first-order chi connectivity index (χ1) is 11.6. The van der Waals surface area contributed by atoms with Crippen LogP contribution in [-0.4, -0.2) is 29.8 Å². The van der Waals surface area contributed by atoms with Crippen molar-refractivity contribution < 1.29 is 9.59 Å². The standard InChI is InChI=1S/C18H19ClN2O2S/c1-12-15-8-11-24-16(15)7-10-21(12)17(22)6-9-20-18(23)13-2-4-14(19)5-3-13/h2-5,8,11-12H,6-7,9-10H2,1H3,(H,20,23)/t12-/m0/s1. The van der Waals surface area contributed by atoms with Gasteiger partial charge in [-0.25, -0.2) is 0 Å². The van der Waals surface area contributed by atoms with Gasteiger partial charge in [0.25, 0.3) is 5.91 Å². The zero-order valence-corrected chi connectivity index (χ0v) is 15.0. The Hall–Kier alpha value is -1.85. The third-order valence-corrected chi connectivity index (χ3v) is 5.58. The molecule has 0 spiro atoms. The monoisotopic (exact) mass is 362 g/mol. The molecular weight excluding hydrogens is 344 g/mol. The average Bonchev–Trinajstić information content (AvgIpc) is 3.05. The minimum absolute atomic E-state index is 0.0794. The zero-order valence-electron chi connectivity index (χ0n) is 13.4. The lowest BCUT2D eigenvalue weighted by Gasteiger charge is -2.33. The normalized spacial score (nSPS) is 16.6. The summed E-state index contributed by atoms with van der Waals surface area (Å²) in [6, 6.07) is 8.91. The molecule has 1 aliphatic rings. The Labute approximate surface area is 150 Å². The lowest BCUT2D eigenvalue weighted by molar-refractivity contribution is -0.133. The maximum Gasteiger partial charge on any atom is 0.251 e. The minimum atomic E-state index is -0.189. The van der Waals surface area contributed by atoms with Gasteiger partial charge in [0.15, 0.2) is 0 Å². The number of rotatable bonds is 4. The third kappa shape index (κ3) is 3.62. The molecule has 4 nitrogen and oxygen atoms in total. The highest BCUT2D eigenvalue weighted by Crippen LogP contribution is 2.32. The van der Waals surface area contributed by atoms with Crippen LogP contribution in [0.15, 0.2) is 35.7 Å². The van der Waals surface area contributed by atoms with E-state index in [4.69, 9.17) is 11.6 Å². The maximum absolute atomic E-state index is 12.5. The predicted octanol–water partition coefficient (Wildman–Crippen LogP) is 3.67. The van der Waals surface area contributed by atoms with E-state index in [9.17, 15) is 9.59 Å². The number of carbonyl (C=O) groups is 2. The second-order valence-corrected chi connectivity index (χ2v) is 7.26. The summed E-state index contributed by atoms with van der Waals surface area (Å²) in [4.78, 5) is 27.8. The number of nitrogens with one attached hydrogen (secondary N) is 1. The summed E-state index contributed by atoms with van der Waals surface area (Å²) in [7, 11) is 0. The summed E-state index contributed by atoms with van der Waals surface area (Å²) in [5, 5.41) is 5.47. The van der Waals surface area contributed by atoms with Crippen LogP contribution in [0.3, 0.4) is 0 Å². The third-order valence-electron chi connectivity index (χ3n) is 4.33. The van der Waals surface area contributed by atoms with Crippen LogP contribution >= 0.6 is 22.9 Å². The lowest BCUT2D eigenvalue weighted by atomic mass is 10.0. The van der Waals surface area contributed by atoms with Crippen molar-refractivity contribution in [2.24, 2.45) is 0 Å². The van der Waals surface area contributed by atoms with Gasteiger partial charge in [-0.15, -0.1) is 11.3 Å². The first-order valence-electron chi connectivity index (χ1n) is 7.96. The summed E-state index contributed by atoms with van der Waals surface area (Å²) < 4.78 is 0. The summed E-state index contributed by atoms with van der Waals surface area (Å²) in [6.45, 7) is 3.15. The van der Waals surface area contributed by atoms with E-state index in [1.165, 1.54) is 10.4 Å². The van der Waals surface area contributed by atoms with E-state index in [1.54, 1.807) is 35.6 Å². The molecule has 0 unspecified atom stereocenters. The first-order valence-corrected chi connectivity index (χ1v) is 9.21. The van der Waals surface area contributed by atoms with Gasteiger partial charge < -0.3 is 10.2 Å². The number of benzene rings is 1. The van der Waals surface area contributed by atoms with Crippen LogP contribution < -0.4 is 5.32 Å². The molecule has 1 aromatic heterocycles. The molecule has 0 fully saturated rings. The van der Waals surface area contributed by atoms with E-state index in [2.05, 4.69) is 23.7 Å². The van der Waals surface area contributed by atoms with Crippen LogP contribution in [0.25, 0.3) is 0 Å². The van der Waals surface area contributed by atoms with Crippen molar-refractivity contribution in [3.63, 3.8) is 0 Å². The molecule has 1 aromatic carbocycles. The summed E-state index contributed by atoms with van der Waals surface area (Å²) in [5.74, 6) is -0.109. The molecule has 6 heteroatoms. The van der Waals surface area contributed by atoms with Crippen LogP contribution in [0.5, 0.6) is 0 Å². The van der Waals surface area contributed by atoms with E-state index in [0.29, 0.717) is 23.6 Å². The van der Waals surface area contributed by atoms with Crippen molar-refractivity contribution in [2.45, 2.75) is 25.8 Å². The largest absolute Gasteiger partial charge is 0.352 e. The number of nitrogens with zero attached hydrogens (tertiary/aromatic N) is 1. The highest BCUT2D eigenvalue weighted by molar-refractivity contribution is 7.10. The summed E-state index contributed by atoms with van der Waals surface area (Å²) in [5.41, 5.74) is 1.80. The Balaban J connectivity index is 1.51. The Morgan fingerprint density at radius 3 is 2.79 bits per heavy atom. The van der Waals surface area contributed by atoms with Gasteiger partial charge in [0.05, 0.1) is 6.04 Å². The molecule has 1 aliphatic heterocycles. The number of hydrogen-bond donors (Lipinski definition) is 1. The van der Waals surface area contributed by atoms with E-state index in [-0.39, 0.29) is 17.9 Å². The van der Waals surface area contributed by atoms with Crippen LogP contribution in [0.2, 0.25) is 5.02 Å². The highest BCUT2D eigenvalue weighted by atomic mass is 35.5. The molecule has 24 heavy (non-hydrogen) atoms. The molecule has 3 rings (SSSR count). The summed E-state index contributed by atoms with van der Waals surface area (Å²) >= 11 is 7.57. The molecule has 1 atom stereocenters. The SMILES string of the molecule is C[C@H]1c2ccsc2CCN1C(=O)CCNC(=O)c1ccc(Cl)cc1. The van der Waals surface area contributed by atoms with Gasteiger partial charge in [-0.05, 0) is 54.6 Å². The Morgan fingerprint density at radius 1 is 1.29 bits per heavy atom. The van der Waals surface area contributed by atoms with Gasteiger partial charge in [0.2, 0.25) is 5.91 Å². The first kappa shape index (κ1) is 17.0. The Morgan fingerprint density at radius 2 is 2.04 bits per heavy atom. The molecule has 126 valence electrons. The van der Waals surface area contributed by atoms with Crippen LogP contribution in [0.4, 0.5) is 0 Å². The Kier molecular flexibility index (Phi) is 5.21. The molecule has 0 saturated carbocycles. The van der Waals surface area contributed by atoms with Crippen molar-refractivity contribution in [1.29, 1.82) is 0 Å². The molecule has 0 aliphatic carbocycles. The summed E-state index contributed by atoms with van der Waals surface area (Å²) in [6.07, 6.45) is 1.23. The topological polar surface area (TPSA) is 49.4 Å². The number of fused-ring (bicyclic) bond motifs is 1. The number of carbonyl (C=O) groups excluding carboxylic acids is 2. The Bertz CT molecular complexity index is 742. The smallest absolute Gasteiger partial charge is 0.251 e. The fourth-order valence-corrected chi connectivity index (χ4v) is 4.07. The van der Waals surface area contributed by atoms with E-state index in [0.717, 1.165) is 13.0 Å². The second-order valence-electron chi connectivity index (χ2n) is 5.83. The van der Waals surface area contributed by atoms with Crippen molar-refractivity contribution >= 4 is 34.8 Å². The van der Waals surface area contributed by atoms with Crippen molar-refractivity contribution in [3.05, 3.63) is 56.7 Å². The van der Waals surface area contributed by atoms with E-state index in [1.807, 2.05) is 4.90 Å². The van der Waals surface area contributed by atoms with Crippen molar-refractivity contribution in [1.82, 2.24) is 10.2 Å². The molecule has 0 saturated heterocycles. The molecule has 1 N–H and O–H groups in total. The van der Waals surface area contributed by atoms with Crippen LogP contribution in [0.1, 0.15) is 40.2 Å². The minimum Gasteiger partial charge on any atom is -0.352 e. The predicted molar refractivity (Wildman–Crippen MR) is 96.6 cm³/mol. The lowest BCUT2D eigenvalue weighted by Crippen LogP contribution is -2.39. The molecule has 2 amide bonds. The van der Waals surface area contributed by atoms with Gasteiger partial charge in [0.1, 0.15) is 0 Å². The fraction of sp³-hybridized carbons (Fsp3) is 0.333. The molecule has 2 aromatic rings. The maximum atomic E-state index is 12.5.